The van der Waals surface area contributed by atoms with Crippen LogP contribution in [0.25, 0.3) is 0 Å². The molecule has 1 aromatic heterocycles. The van der Waals surface area contributed by atoms with Crippen molar-refractivity contribution in [1.82, 2.24) is 14.7 Å². The molecule has 3 rings (SSSR count). The van der Waals surface area contributed by atoms with Crippen molar-refractivity contribution in [3.8, 4) is 0 Å². The molecule has 0 unspecified atom stereocenters. The van der Waals surface area contributed by atoms with Crippen LogP contribution in [0.2, 0.25) is 10.0 Å². The Hall–Kier alpha value is -1.03. The highest BCUT2D eigenvalue weighted by Crippen LogP contribution is 2.21. The maximum Gasteiger partial charge on any atom is 0.0785 e. The second kappa shape index (κ2) is 5.53. The number of likely N-dealkylation sites (tertiary alicyclic amines) is 1. The van der Waals surface area contributed by atoms with Crippen molar-refractivity contribution in [1.29, 1.82) is 0 Å². The van der Waals surface area contributed by atoms with Crippen LogP contribution in [0, 0.1) is 5.92 Å². The Bertz CT molecular complexity index is 561. The minimum absolute atomic E-state index is 0.662. The molecule has 3 nitrogen and oxygen atoms in total. The van der Waals surface area contributed by atoms with Gasteiger partial charge in [0, 0.05) is 43.3 Å². The molecule has 5 heteroatoms. The normalized spacial score (nSPS) is 16.5. The first-order valence-corrected chi connectivity index (χ1v) is 7.09. The van der Waals surface area contributed by atoms with Crippen LogP contribution in [0.1, 0.15) is 5.56 Å². The Morgan fingerprint density at radius 1 is 1.21 bits per heavy atom. The highest BCUT2D eigenvalue weighted by molar-refractivity contribution is 6.30. The van der Waals surface area contributed by atoms with Crippen molar-refractivity contribution in [3.05, 3.63) is 52.3 Å². The van der Waals surface area contributed by atoms with Crippen LogP contribution in [0.5, 0.6) is 0 Å². The molecule has 0 bridgehead atoms. The van der Waals surface area contributed by atoms with E-state index in [9.17, 15) is 0 Å². The van der Waals surface area contributed by atoms with Gasteiger partial charge in [-0.15, -0.1) is 0 Å². The quantitative estimate of drug-likeness (QED) is 0.863. The summed E-state index contributed by atoms with van der Waals surface area (Å²) in [5.74, 6) is 0.662. The number of nitrogens with zero attached hydrogens (tertiary/aromatic N) is 3. The molecular formula is C14H15Cl2N3. The molecule has 0 aliphatic carbocycles. The Labute approximate surface area is 122 Å². The minimum atomic E-state index is 0.662. The molecule has 0 atom stereocenters. The number of aromatic nitrogens is 2. The molecule has 0 spiro atoms. The largest absolute Gasteiger partial charge is 0.298 e. The second-order valence-electron chi connectivity index (χ2n) is 5.07. The maximum atomic E-state index is 5.99. The van der Waals surface area contributed by atoms with Crippen molar-refractivity contribution in [2.45, 2.75) is 13.1 Å². The van der Waals surface area contributed by atoms with Gasteiger partial charge in [-0.25, -0.2) is 0 Å². The second-order valence-corrected chi connectivity index (χ2v) is 5.94. The molecule has 1 aliphatic rings. The van der Waals surface area contributed by atoms with Crippen molar-refractivity contribution in [2.75, 3.05) is 13.1 Å². The lowest BCUT2D eigenvalue weighted by atomic mass is 9.99. The van der Waals surface area contributed by atoms with Gasteiger partial charge in [-0.05, 0) is 17.7 Å². The summed E-state index contributed by atoms with van der Waals surface area (Å²) in [5, 5.41) is 5.72. The van der Waals surface area contributed by atoms with E-state index >= 15 is 0 Å². The predicted octanol–water partition coefficient (Wildman–Crippen LogP) is 3.32. The van der Waals surface area contributed by atoms with Crippen molar-refractivity contribution in [2.24, 2.45) is 5.92 Å². The third-order valence-corrected chi connectivity index (χ3v) is 3.81. The van der Waals surface area contributed by atoms with Crippen molar-refractivity contribution in [3.63, 3.8) is 0 Å². The average molecular weight is 296 g/mol. The van der Waals surface area contributed by atoms with Gasteiger partial charge in [0.25, 0.3) is 0 Å². The van der Waals surface area contributed by atoms with Crippen LogP contribution in [-0.4, -0.2) is 27.8 Å². The molecular weight excluding hydrogens is 281 g/mol. The molecule has 0 radical (unpaired) electrons. The Morgan fingerprint density at radius 2 is 2.05 bits per heavy atom. The smallest absolute Gasteiger partial charge is 0.0785 e. The Morgan fingerprint density at radius 3 is 2.74 bits per heavy atom. The fraction of sp³-hybridized carbons (Fsp3) is 0.357. The van der Waals surface area contributed by atoms with Crippen LogP contribution < -0.4 is 0 Å². The molecule has 0 N–H and O–H groups in total. The number of hydrogen-bond donors (Lipinski definition) is 0. The van der Waals surface area contributed by atoms with E-state index in [1.54, 1.807) is 6.20 Å². The highest BCUT2D eigenvalue weighted by atomic mass is 35.5. The highest BCUT2D eigenvalue weighted by Gasteiger charge is 2.26. The van der Waals surface area contributed by atoms with Gasteiger partial charge < -0.3 is 0 Å². The maximum absolute atomic E-state index is 5.99. The van der Waals surface area contributed by atoms with Gasteiger partial charge in [-0.1, -0.05) is 35.3 Å². The summed E-state index contributed by atoms with van der Waals surface area (Å²) < 4.78 is 1.92. The first kappa shape index (κ1) is 13.0. The van der Waals surface area contributed by atoms with Crippen LogP contribution in [-0.2, 0) is 13.1 Å². The Kier molecular flexibility index (Phi) is 3.78. The average Bonchev–Trinajstić information content (AvgIpc) is 2.72. The first-order chi connectivity index (χ1) is 9.19. The lowest BCUT2D eigenvalue weighted by molar-refractivity contribution is 0.0778. The van der Waals surface area contributed by atoms with Gasteiger partial charge >= 0.3 is 0 Å². The topological polar surface area (TPSA) is 21.1 Å². The Balaban J connectivity index is 1.48. The molecule has 19 heavy (non-hydrogen) atoms. The summed E-state index contributed by atoms with van der Waals surface area (Å²) in [5.41, 5.74) is 1.27. The first-order valence-electron chi connectivity index (χ1n) is 6.34. The molecule has 0 saturated carbocycles. The summed E-state index contributed by atoms with van der Waals surface area (Å²) in [4.78, 5) is 2.42. The van der Waals surface area contributed by atoms with Gasteiger partial charge in [0.15, 0.2) is 0 Å². The molecule has 2 heterocycles. The predicted molar refractivity (Wildman–Crippen MR) is 77.5 cm³/mol. The van der Waals surface area contributed by atoms with Crippen LogP contribution in [0.15, 0.2) is 36.7 Å². The zero-order valence-electron chi connectivity index (χ0n) is 10.5. The lowest BCUT2D eigenvalue weighted by Gasteiger charge is -2.39. The zero-order valence-corrected chi connectivity index (χ0v) is 12.0. The molecule has 0 amide bonds. The van der Waals surface area contributed by atoms with Crippen molar-refractivity contribution >= 4 is 23.2 Å². The number of rotatable bonds is 4. The van der Waals surface area contributed by atoms with Crippen LogP contribution in [0.4, 0.5) is 0 Å². The van der Waals surface area contributed by atoms with E-state index < -0.39 is 0 Å². The van der Waals surface area contributed by atoms with E-state index in [1.165, 1.54) is 5.56 Å². The van der Waals surface area contributed by atoms with Gasteiger partial charge in [0.2, 0.25) is 0 Å². The van der Waals surface area contributed by atoms with E-state index in [1.807, 2.05) is 29.1 Å². The van der Waals surface area contributed by atoms with E-state index in [0.29, 0.717) is 10.9 Å². The van der Waals surface area contributed by atoms with Crippen molar-refractivity contribution < 1.29 is 0 Å². The summed E-state index contributed by atoms with van der Waals surface area (Å²) >= 11 is 11.8. The molecule has 100 valence electrons. The third-order valence-electron chi connectivity index (χ3n) is 3.37. The van der Waals surface area contributed by atoms with E-state index in [4.69, 9.17) is 23.2 Å². The van der Waals surface area contributed by atoms with E-state index in [2.05, 4.69) is 16.1 Å². The van der Waals surface area contributed by atoms with Crippen LogP contribution >= 0.6 is 23.2 Å². The minimum Gasteiger partial charge on any atom is -0.298 e. The molecule has 2 aromatic rings. The third kappa shape index (κ3) is 3.30. The van der Waals surface area contributed by atoms with Gasteiger partial charge in [-0.3, -0.25) is 9.58 Å². The monoisotopic (exact) mass is 295 g/mol. The SMILES string of the molecule is Clc1cccc(CN2CC(Cn3cc(Cl)cn3)C2)c1. The zero-order chi connectivity index (χ0) is 13.2. The standard InChI is InChI=1S/C14H15Cl2N3/c15-13-3-1-2-11(4-13)6-18-7-12(8-18)9-19-10-14(16)5-17-19/h1-5,10,12H,6-9H2. The summed E-state index contributed by atoms with van der Waals surface area (Å²) in [6.07, 6.45) is 3.56. The fourth-order valence-corrected chi connectivity index (χ4v) is 2.89. The molecule has 1 aromatic carbocycles. The summed E-state index contributed by atoms with van der Waals surface area (Å²) in [6.45, 7) is 4.11. The van der Waals surface area contributed by atoms with Crippen LogP contribution in [0.3, 0.4) is 0 Å². The fourth-order valence-electron chi connectivity index (χ4n) is 2.52. The summed E-state index contributed by atoms with van der Waals surface area (Å²) in [7, 11) is 0. The molecule has 1 fully saturated rings. The number of benzene rings is 1. The number of halogens is 2. The van der Waals surface area contributed by atoms with Gasteiger partial charge in [-0.2, -0.15) is 5.10 Å². The van der Waals surface area contributed by atoms with E-state index in [0.717, 1.165) is 31.2 Å². The molecule has 1 aliphatic heterocycles. The summed E-state index contributed by atoms with van der Waals surface area (Å²) in [6, 6.07) is 8.06. The van der Waals surface area contributed by atoms with Gasteiger partial charge in [0.1, 0.15) is 0 Å². The lowest BCUT2D eigenvalue weighted by Crippen LogP contribution is -2.47. The van der Waals surface area contributed by atoms with E-state index in [-0.39, 0.29) is 0 Å². The van der Waals surface area contributed by atoms with Gasteiger partial charge in [0.05, 0.1) is 11.2 Å². The molecule has 1 saturated heterocycles. The number of hydrogen-bond acceptors (Lipinski definition) is 2.